The summed E-state index contributed by atoms with van der Waals surface area (Å²) in [6, 6.07) is -2.68. The zero-order chi connectivity index (χ0) is 36.4. The van der Waals surface area contributed by atoms with Gasteiger partial charge in [0, 0.05) is 12.8 Å². The van der Waals surface area contributed by atoms with Crippen molar-refractivity contribution in [2.45, 2.75) is 193 Å². The van der Waals surface area contributed by atoms with E-state index < -0.39 is 48.2 Å². The first-order chi connectivity index (χ1) is 22.9. The molecule has 280 valence electrons. The second kappa shape index (κ2) is 37.1. The molecule has 0 rings (SSSR count). The summed E-state index contributed by atoms with van der Waals surface area (Å²) in [6.45, 7) is 4.44. The van der Waals surface area contributed by atoms with Crippen LogP contribution in [-0.4, -0.2) is 57.9 Å². The maximum absolute atomic E-state index is 11.7. The van der Waals surface area contributed by atoms with Crippen molar-refractivity contribution in [3.8, 4) is 0 Å². The van der Waals surface area contributed by atoms with Crippen LogP contribution in [0.15, 0.2) is 0 Å². The SMILES string of the molecule is CCCCCCCCCCCCCC(=O)N[C@@H](CC(=O)O)C(=O)[O-].CCCCCCCCCCCCCC(=O)N[C@@H](CC(N)=O)C(=O)O.[Na+]. The number of carboxylic acid groups (broad SMARTS) is 3. The van der Waals surface area contributed by atoms with Gasteiger partial charge in [0.25, 0.3) is 0 Å². The fourth-order valence-electron chi connectivity index (χ4n) is 5.20. The molecule has 0 spiro atoms. The summed E-state index contributed by atoms with van der Waals surface area (Å²) in [6.07, 6.45) is 25.5. The molecule has 0 aromatic heterocycles. The maximum atomic E-state index is 11.7. The monoisotopic (exact) mass is 707 g/mol. The Labute approximate surface area is 317 Å². The summed E-state index contributed by atoms with van der Waals surface area (Å²) in [7, 11) is 0. The molecule has 0 bridgehead atoms. The molecule has 0 aliphatic heterocycles. The molecule has 0 unspecified atom stereocenters. The second-order valence-corrected chi connectivity index (χ2v) is 12.7. The van der Waals surface area contributed by atoms with E-state index in [1.807, 2.05) is 0 Å². The standard InChI is InChI=1S/C18H34N2O4.C18H33NO5.Na/c1-2-3-4-5-6-7-8-9-10-11-12-13-17(22)20-15(18(23)24)14-16(19)21;1-2-3-4-5-6-7-8-9-10-11-12-13-16(20)19-15(18(23)24)14-17(21)22;/h15H,2-14H2,1H3,(H2,19,21)(H,20,22)(H,23,24);15H,2-14H2,1H3,(H,19,20)(H,21,22)(H,23,24);/q;;+1/p-1/t2*15-;/m00./s1. The average Bonchev–Trinajstić information content (AvgIpc) is 3.01. The van der Waals surface area contributed by atoms with Crippen LogP contribution in [0, 0.1) is 0 Å². The van der Waals surface area contributed by atoms with Gasteiger partial charge in [-0.2, -0.15) is 0 Å². The smallest absolute Gasteiger partial charge is 0.548 e. The van der Waals surface area contributed by atoms with Gasteiger partial charge in [-0.05, 0) is 12.8 Å². The summed E-state index contributed by atoms with van der Waals surface area (Å²) in [4.78, 5) is 66.2. The van der Waals surface area contributed by atoms with Gasteiger partial charge < -0.3 is 36.5 Å². The number of nitrogens with one attached hydrogen (secondary N) is 2. The first-order valence-electron chi connectivity index (χ1n) is 18.5. The van der Waals surface area contributed by atoms with Gasteiger partial charge in [-0.1, -0.05) is 142 Å². The molecule has 0 heterocycles. The summed E-state index contributed by atoms with van der Waals surface area (Å²) >= 11 is 0. The molecule has 0 aromatic carbocycles. The first kappa shape index (κ1) is 51.2. The molecular formula is C36H66N3NaO9. The summed E-state index contributed by atoms with van der Waals surface area (Å²) in [5.41, 5.74) is 4.97. The number of primary amides is 1. The number of carbonyl (C=O) groups is 6. The minimum absolute atomic E-state index is 0. The molecule has 12 nitrogen and oxygen atoms in total. The Morgan fingerprint density at radius 3 is 1.10 bits per heavy atom. The van der Waals surface area contributed by atoms with Gasteiger partial charge in [-0.25, -0.2) is 4.79 Å². The Balaban J connectivity index is -0.000000846. The van der Waals surface area contributed by atoms with E-state index in [1.54, 1.807) is 0 Å². The van der Waals surface area contributed by atoms with E-state index in [4.69, 9.17) is 15.9 Å². The minimum atomic E-state index is -1.57. The number of amides is 3. The fraction of sp³-hybridized carbons (Fsp3) is 0.833. The quantitative estimate of drug-likeness (QED) is 0.0512. The Bertz CT molecular complexity index is 820. The van der Waals surface area contributed by atoms with E-state index in [0.29, 0.717) is 12.8 Å². The van der Waals surface area contributed by atoms with E-state index in [9.17, 15) is 33.9 Å². The molecule has 0 radical (unpaired) electrons. The van der Waals surface area contributed by atoms with E-state index >= 15 is 0 Å². The Kier molecular flexibility index (Phi) is 38.7. The van der Waals surface area contributed by atoms with Crippen LogP contribution in [0.2, 0.25) is 0 Å². The Morgan fingerprint density at radius 2 is 0.837 bits per heavy atom. The number of unbranched alkanes of at least 4 members (excludes halogenated alkanes) is 20. The van der Waals surface area contributed by atoms with Crippen LogP contribution in [0.4, 0.5) is 0 Å². The van der Waals surface area contributed by atoms with Crippen LogP contribution >= 0.6 is 0 Å². The largest absolute Gasteiger partial charge is 1.00 e. The maximum Gasteiger partial charge on any atom is 1.00 e. The van der Waals surface area contributed by atoms with E-state index in [2.05, 4.69) is 24.5 Å². The van der Waals surface area contributed by atoms with Crippen LogP contribution in [0.25, 0.3) is 0 Å². The minimum Gasteiger partial charge on any atom is -0.548 e. The van der Waals surface area contributed by atoms with Gasteiger partial charge in [0.2, 0.25) is 17.7 Å². The molecule has 0 aliphatic carbocycles. The normalized spacial score (nSPS) is 11.6. The van der Waals surface area contributed by atoms with Crippen molar-refractivity contribution >= 4 is 35.6 Å². The van der Waals surface area contributed by atoms with E-state index in [1.165, 1.54) is 96.3 Å². The number of hydrogen-bond acceptors (Lipinski definition) is 7. The Hall–Kier alpha value is -2.18. The first-order valence-corrected chi connectivity index (χ1v) is 18.5. The summed E-state index contributed by atoms with van der Waals surface area (Å²) < 4.78 is 0. The van der Waals surface area contributed by atoms with Gasteiger partial charge in [-0.15, -0.1) is 0 Å². The van der Waals surface area contributed by atoms with Crippen LogP contribution in [-0.2, 0) is 28.8 Å². The van der Waals surface area contributed by atoms with Crippen molar-refractivity contribution in [2.75, 3.05) is 0 Å². The van der Waals surface area contributed by atoms with Crippen molar-refractivity contribution < 1.29 is 73.6 Å². The van der Waals surface area contributed by atoms with Crippen LogP contribution in [0.1, 0.15) is 181 Å². The van der Waals surface area contributed by atoms with Gasteiger partial charge in [-0.3, -0.25) is 19.2 Å². The topological polar surface area (TPSA) is 216 Å². The average molecular weight is 708 g/mol. The molecule has 49 heavy (non-hydrogen) atoms. The molecule has 0 saturated heterocycles. The third-order valence-corrected chi connectivity index (χ3v) is 8.05. The van der Waals surface area contributed by atoms with Crippen molar-refractivity contribution in [3.63, 3.8) is 0 Å². The van der Waals surface area contributed by atoms with Gasteiger partial charge in [0.05, 0.1) is 24.9 Å². The predicted octanol–water partition coefficient (Wildman–Crippen LogP) is 2.53. The number of carbonyl (C=O) groups excluding carboxylic acids is 4. The molecule has 2 atom stereocenters. The van der Waals surface area contributed by atoms with Crippen molar-refractivity contribution in [3.05, 3.63) is 0 Å². The molecule has 0 saturated carbocycles. The second-order valence-electron chi connectivity index (χ2n) is 12.7. The molecule has 6 N–H and O–H groups in total. The van der Waals surface area contributed by atoms with Crippen LogP contribution in [0.5, 0.6) is 0 Å². The summed E-state index contributed by atoms with van der Waals surface area (Å²) in [5, 5.41) is 32.8. The van der Waals surface area contributed by atoms with Crippen molar-refractivity contribution in [2.24, 2.45) is 5.73 Å². The van der Waals surface area contributed by atoms with Gasteiger partial charge in [0.15, 0.2) is 0 Å². The number of nitrogens with two attached hydrogens (primary N) is 1. The third kappa shape index (κ3) is 38.5. The van der Waals surface area contributed by atoms with Gasteiger partial charge >= 0.3 is 41.5 Å². The molecule has 0 fully saturated rings. The number of aliphatic carboxylic acids is 3. The van der Waals surface area contributed by atoms with Crippen molar-refractivity contribution in [1.29, 1.82) is 0 Å². The predicted molar refractivity (Wildman–Crippen MR) is 185 cm³/mol. The number of hydrogen-bond donors (Lipinski definition) is 5. The zero-order valence-corrected chi connectivity index (χ0v) is 32.9. The summed E-state index contributed by atoms with van der Waals surface area (Å²) in [5.74, 6) is -5.58. The molecule has 3 amide bonds. The number of rotatable bonds is 32. The third-order valence-electron chi connectivity index (χ3n) is 8.05. The molecule has 0 aliphatic rings. The Morgan fingerprint density at radius 1 is 0.531 bits per heavy atom. The fourth-order valence-corrected chi connectivity index (χ4v) is 5.20. The van der Waals surface area contributed by atoms with Crippen LogP contribution in [0.3, 0.4) is 0 Å². The molecular weight excluding hydrogens is 641 g/mol. The molecule has 13 heteroatoms. The van der Waals surface area contributed by atoms with Gasteiger partial charge in [0.1, 0.15) is 6.04 Å². The van der Waals surface area contributed by atoms with Crippen molar-refractivity contribution in [1.82, 2.24) is 10.6 Å². The van der Waals surface area contributed by atoms with E-state index in [0.717, 1.165) is 38.5 Å². The van der Waals surface area contributed by atoms with E-state index in [-0.39, 0.29) is 48.3 Å². The number of carboxylic acids is 3. The molecule has 0 aromatic rings. The zero-order valence-electron chi connectivity index (χ0n) is 30.9. The van der Waals surface area contributed by atoms with Crippen LogP contribution < -0.4 is 51.0 Å².